The van der Waals surface area contributed by atoms with Crippen LogP contribution in [-0.4, -0.2) is 19.0 Å². The minimum atomic E-state index is -0.300. The van der Waals surface area contributed by atoms with Gasteiger partial charge in [-0.05, 0) is 31.0 Å². The van der Waals surface area contributed by atoms with Crippen LogP contribution in [0, 0.1) is 11.7 Å². The highest BCUT2D eigenvalue weighted by atomic mass is 19.1. The zero-order valence-electron chi connectivity index (χ0n) is 9.53. The summed E-state index contributed by atoms with van der Waals surface area (Å²) in [6, 6.07) is 4.33. The Kier molecular flexibility index (Phi) is 3.17. The third-order valence-electron chi connectivity index (χ3n) is 3.23. The fourth-order valence-electron chi connectivity index (χ4n) is 2.20. The Bertz CT molecular complexity index is 428. The van der Waals surface area contributed by atoms with Gasteiger partial charge < -0.3 is 16.4 Å². The van der Waals surface area contributed by atoms with Gasteiger partial charge in [-0.15, -0.1) is 0 Å². The molecule has 92 valence electrons. The van der Waals surface area contributed by atoms with Crippen LogP contribution in [0.2, 0.25) is 0 Å². The lowest BCUT2D eigenvalue weighted by Crippen LogP contribution is -2.38. The fraction of sp³-hybridized carbons (Fsp3) is 0.417. The molecule has 0 radical (unpaired) electrons. The van der Waals surface area contributed by atoms with E-state index in [2.05, 4.69) is 0 Å². The van der Waals surface area contributed by atoms with Gasteiger partial charge in [-0.3, -0.25) is 4.79 Å². The molecule has 1 heterocycles. The number of primary amides is 1. The van der Waals surface area contributed by atoms with Crippen LogP contribution in [-0.2, 0) is 4.79 Å². The van der Waals surface area contributed by atoms with Gasteiger partial charge in [-0.1, -0.05) is 0 Å². The Morgan fingerprint density at radius 1 is 1.35 bits per heavy atom. The maximum atomic E-state index is 13.2. The van der Waals surface area contributed by atoms with E-state index in [1.165, 1.54) is 12.1 Å². The molecule has 2 rings (SSSR count). The number of carbonyl (C=O) groups excluding carboxylic acids is 1. The zero-order valence-corrected chi connectivity index (χ0v) is 9.53. The van der Waals surface area contributed by atoms with Crippen molar-refractivity contribution in [2.45, 2.75) is 12.8 Å². The Morgan fingerprint density at radius 3 is 2.59 bits per heavy atom. The van der Waals surface area contributed by atoms with Crippen molar-refractivity contribution in [1.82, 2.24) is 0 Å². The van der Waals surface area contributed by atoms with Gasteiger partial charge in [0.25, 0.3) is 0 Å². The molecule has 4 N–H and O–H groups in total. The lowest BCUT2D eigenvalue weighted by atomic mass is 9.96. The molecule has 0 spiro atoms. The summed E-state index contributed by atoms with van der Waals surface area (Å²) < 4.78 is 13.2. The quantitative estimate of drug-likeness (QED) is 0.757. The van der Waals surface area contributed by atoms with Crippen LogP contribution in [0.5, 0.6) is 0 Å². The monoisotopic (exact) mass is 237 g/mol. The van der Waals surface area contributed by atoms with Crippen molar-refractivity contribution in [2.75, 3.05) is 23.7 Å². The Balaban J connectivity index is 2.10. The predicted octanol–water partition coefficient (Wildman–Crippen LogP) is 1.11. The summed E-state index contributed by atoms with van der Waals surface area (Å²) in [6.07, 6.45) is 1.40. The fourth-order valence-corrected chi connectivity index (χ4v) is 2.20. The maximum Gasteiger partial charge on any atom is 0.220 e. The second kappa shape index (κ2) is 4.61. The minimum absolute atomic E-state index is 0.0685. The number of nitrogen functional groups attached to an aromatic ring is 1. The van der Waals surface area contributed by atoms with Crippen molar-refractivity contribution in [3.8, 4) is 0 Å². The molecule has 1 fully saturated rings. The second-order valence-corrected chi connectivity index (χ2v) is 4.37. The molecular weight excluding hydrogens is 221 g/mol. The summed E-state index contributed by atoms with van der Waals surface area (Å²) in [7, 11) is 0. The van der Waals surface area contributed by atoms with Gasteiger partial charge in [0.05, 0.1) is 11.4 Å². The van der Waals surface area contributed by atoms with Gasteiger partial charge in [0.15, 0.2) is 0 Å². The van der Waals surface area contributed by atoms with Gasteiger partial charge in [-0.25, -0.2) is 4.39 Å². The molecule has 17 heavy (non-hydrogen) atoms. The van der Waals surface area contributed by atoms with Crippen molar-refractivity contribution in [3.63, 3.8) is 0 Å². The number of benzene rings is 1. The molecular formula is C12H16FN3O. The van der Waals surface area contributed by atoms with Crippen LogP contribution in [0.3, 0.4) is 0 Å². The first-order valence-corrected chi connectivity index (χ1v) is 5.67. The number of rotatable bonds is 2. The van der Waals surface area contributed by atoms with Crippen LogP contribution in [0.15, 0.2) is 18.2 Å². The summed E-state index contributed by atoms with van der Waals surface area (Å²) in [5, 5.41) is 0. The first-order chi connectivity index (χ1) is 8.08. The highest BCUT2D eigenvalue weighted by Crippen LogP contribution is 2.28. The van der Waals surface area contributed by atoms with Crippen LogP contribution in [0.25, 0.3) is 0 Å². The van der Waals surface area contributed by atoms with Gasteiger partial charge in [0.1, 0.15) is 5.82 Å². The van der Waals surface area contributed by atoms with Gasteiger partial charge in [0.2, 0.25) is 5.91 Å². The van der Waals surface area contributed by atoms with Gasteiger partial charge in [0, 0.05) is 19.0 Å². The van der Waals surface area contributed by atoms with Crippen molar-refractivity contribution in [3.05, 3.63) is 24.0 Å². The molecule has 1 amide bonds. The summed E-state index contributed by atoms with van der Waals surface area (Å²) in [5.41, 5.74) is 12.3. The summed E-state index contributed by atoms with van der Waals surface area (Å²) in [5.74, 6) is -0.621. The van der Waals surface area contributed by atoms with E-state index < -0.39 is 0 Å². The second-order valence-electron chi connectivity index (χ2n) is 4.37. The van der Waals surface area contributed by atoms with E-state index in [4.69, 9.17) is 11.5 Å². The van der Waals surface area contributed by atoms with E-state index in [1.807, 2.05) is 4.90 Å². The third kappa shape index (κ3) is 2.49. The number of hydrogen-bond acceptors (Lipinski definition) is 3. The van der Waals surface area contributed by atoms with Gasteiger partial charge >= 0.3 is 0 Å². The Hall–Kier alpha value is -1.78. The van der Waals surface area contributed by atoms with Crippen LogP contribution in [0.4, 0.5) is 15.8 Å². The summed E-state index contributed by atoms with van der Waals surface area (Å²) in [6.45, 7) is 1.36. The van der Waals surface area contributed by atoms with Crippen LogP contribution < -0.4 is 16.4 Å². The molecule has 1 aliphatic rings. The number of nitrogens with two attached hydrogens (primary N) is 2. The molecule has 4 nitrogen and oxygen atoms in total. The van der Waals surface area contributed by atoms with E-state index in [9.17, 15) is 9.18 Å². The first-order valence-electron chi connectivity index (χ1n) is 5.67. The third-order valence-corrected chi connectivity index (χ3v) is 3.23. The minimum Gasteiger partial charge on any atom is -0.397 e. The average molecular weight is 237 g/mol. The number of amides is 1. The van der Waals surface area contributed by atoms with Crippen LogP contribution in [0.1, 0.15) is 12.8 Å². The van der Waals surface area contributed by atoms with E-state index in [0.29, 0.717) is 37.3 Å². The van der Waals surface area contributed by atoms with Crippen LogP contribution >= 0.6 is 0 Å². The Morgan fingerprint density at radius 2 is 2.00 bits per heavy atom. The lowest BCUT2D eigenvalue weighted by Gasteiger charge is -2.33. The molecule has 1 aromatic carbocycles. The number of anilines is 2. The highest BCUT2D eigenvalue weighted by Gasteiger charge is 2.24. The molecule has 0 unspecified atom stereocenters. The van der Waals surface area contributed by atoms with E-state index in [0.717, 1.165) is 0 Å². The molecule has 1 aromatic rings. The Labute approximate surface area is 99.4 Å². The lowest BCUT2D eigenvalue weighted by molar-refractivity contribution is -0.122. The average Bonchev–Trinajstić information content (AvgIpc) is 2.32. The predicted molar refractivity (Wildman–Crippen MR) is 64.9 cm³/mol. The molecule has 0 atom stereocenters. The molecule has 0 aromatic heterocycles. The standard InChI is InChI=1S/C12H16FN3O/c13-9-1-2-10(14)11(7-9)16-5-3-8(4-6-16)12(15)17/h1-2,7-8H,3-6,14H2,(H2,15,17). The van der Waals surface area contributed by atoms with Crippen molar-refractivity contribution in [2.24, 2.45) is 11.7 Å². The van der Waals surface area contributed by atoms with Crippen molar-refractivity contribution < 1.29 is 9.18 Å². The van der Waals surface area contributed by atoms with E-state index in [1.54, 1.807) is 6.07 Å². The molecule has 0 saturated carbocycles. The molecule has 0 aliphatic carbocycles. The smallest absolute Gasteiger partial charge is 0.220 e. The SMILES string of the molecule is NC(=O)C1CCN(c2cc(F)ccc2N)CC1. The topological polar surface area (TPSA) is 72.4 Å². The maximum absolute atomic E-state index is 13.2. The highest BCUT2D eigenvalue weighted by molar-refractivity contribution is 5.77. The van der Waals surface area contributed by atoms with Crippen molar-refractivity contribution in [1.29, 1.82) is 0 Å². The number of halogens is 1. The molecule has 1 aliphatic heterocycles. The first kappa shape index (κ1) is 11.7. The largest absolute Gasteiger partial charge is 0.397 e. The van der Waals surface area contributed by atoms with E-state index in [-0.39, 0.29) is 17.6 Å². The summed E-state index contributed by atoms with van der Waals surface area (Å²) >= 11 is 0. The number of nitrogens with zero attached hydrogens (tertiary/aromatic N) is 1. The molecule has 5 heteroatoms. The number of hydrogen-bond donors (Lipinski definition) is 2. The normalized spacial score (nSPS) is 17.1. The zero-order chi connectivity index (χ0) is 12.4. The molecule has 1 saturated heterocycles. The number of piperidine rings is 1. The summed E-state index contributed by atoms with van der Waals surface area (Å²) in [4.78, 5) is 13.0. The van der Waals surface area contributed by atoms with Gasteiger partial charge in [-0.2, -0.15) is 0 Å². The van der Waals surface area contributed by atoms with Crippen molar-refractivity contribution >= 4 is 17.3 Å². The molecule has 0 bridgehead atoms. The number of carbonyl (C=O) groups is 1. The van der Waals surface area contributed by atoms with E-state index >= 15 is 0 Å².